The largest absolute Gasteiger partial charge is 0.337 e. The second kappa shape index (κ2) is 6.24. The molecule has 18 heavy (non-hydrogen) atoms. The Morgan fingerprint density at radius 2 is 2.00 bits per heavy atom. The number of benzene rings is 1. The maximum atomic E-state index is 12.5. The molecule has 1 saturated carbocycles. The van der Waals surface area contributed by atoms with Crippen LogP contribution in [0.3, 0.4) is 0 Å². The fraction of sp³-hybridized carbons (Fsp3) is 0.500. The summed E-state index contributed by atoms with van der Waals surface area (Å²) in [5.74, 6) is 0.0811. The second-order valence-electron chi connectivity index (χ2n) is 4.76. The molecule has 0 bridgehead atoms. The van der Waals surface area contributed by atoms with Gasteiger partial charge in [0.1, 0.15) is 0 Å². The van der Waals surface area contributed by atoms with E-state index in [1.165, 1.54) is 6.42 Å². The maximum Gasteiger partial charge on any atom is 0.254 e. The van der Waals surface area contributed by atoms with Gasteiger partial charge in [-0.05, 0) is 47.6 Å². The molecule has 0 aromatic heterocycles. The van der Waals surface area contributed by atoms with Gasteiger partial charge < -0.3 is 4.90 Å². The molecule has 0 radical (unpaired) electrons. The number of carbonyl (C=O) groups is 1. The van der Waals surface area contributed by atoms with Gasteiger partial charge in [0.2, 0.25) is 0 Å². The van der Waals surface area contributed by atoms with Crippen molar-refractivity contribution < 1.29 is 4.79 Å². The average Bonchev–Trinajstić information content (AvgIpc) is 2.38. The molecule has 2 unspecified atom stereocenters. The third kappa shape index (κ3) is 2.99. The summed E-state index contributed by atoms with van der Waals surface area (Å²) in [6.45, 7) is 0. The average molecular weight is 378 g/mol. The lowest BCUT2D eigenvalue weighted by Crippen LogP contribution is -2.44. The lowest BCUT2D eigenvalue weighted by atomic mass is 9.93. The standard InChI is InChI=1S/C14H17ClINO/c1-17(13-9-5-3-7-11(13)15)14(18)10-6-2-4-8-12(10)16/h2,4,6,8,11,13H,3,5,7,9H2,1H3. The van der Waals surface area contributed by atoms with Crippen molar-refractivity contribution in [2.75, 3.05) is 7.05 Å². The molecular formula is C14H17ClINO. The maximum absolute atomic E-state index is 12.5. The molecule has 2 nitrogen and oxygen atoms in total. The number of rotatable bonds is 2. The van der Waals surface area contributed by atoms with Crippen LogP contribution in [0.4, 0.5) is 0 Å². The predicted molar refractivity (Wildman–Crippen MR) is 83.1 cm³/mol. The van der Waals surface area contributed by atoms with E-state index in [-0.39, 0.29) is 17.3 Å². The first-order valence-corrected chi connectivity index (χ1v) is 7.78. The van der Waals surface area contributed by atoms with Gasteiger partial charge in [0, 0.05) is 16.7 Å². The smallest absolute Gasteiger partial charge is 0.254 e. The summed E-state index contributed by atoms with van der Waals surface area (Å²) in [6.07, 6.45) is 4.36. The Morgan fingerprint density at radius 1 is 1.33 bits per heavy atom. The Bertz CT molecular complexity index is 438. The summed E-state index contributed by atoms with van der Waals surface area (Å²) >= 11 is 8.56. The van der Waals surface area contributed by atoms with Gasteiger partial charge in [-0.25, -0.2) is 0 Å². The molecule has 1 aromatic carbocycles. The Morgan fingerprint density at radius 3 is 2.67 bits per heavy atom. The van der Waals surface area contributed by atoms with E-state index in [1.54, 1.807) is 0 Å². The summed E-state index contributed by atoms with van der Waals surface area (Å²) in [6, 6.07) is 7.86. The minimum absolute atomic E-state index is 0.0811. The van der Waals surface area contributed by atoms with Crippen LogP contribution in [0.5, 0.6) is 0 Å². The van der Waals surface area contributed by atoms with Gasteiger partial charge in [-0.2, -0.15) is 0 Å². The van der Waals surface area contributed by atoms with Crippen molar-refractivity contribution in [1.29, 1.82) is 0 Å². The van der Waals surface area contributed by atoms with Gasteiger partial charge in [0.25, 0.3) is 5.91 Å². The van der Waals surface area contributed by atoms with E-state index in [0.29, 0.717) is 0 Å². The number of nitrogens with zero attached hydrogens (tertiary/aromatic N) is 1. The third-order valence-electron chi connectivity index (χ3n) is 3.57. The zero-order valence-electron chi connectivity index (χ0n) is 10.4. The zero-order chi connectivity index (χ0) is 13.1. The van der Waals surface area contributed by atoms with Gasteiger partial charge in [-0.15, -0.1) is 11.6 Å². The van der Waals surface area contributed by atoms with Crippen LogP contribution in [0.2, 0.25) is 0 Å². The molecule has 0 aliphatic heterocycles. The first-order valence-electron chi connectivity index (χ1n) is 6.27. The topological polar surface area (TPSA) is 20.3 Å². The van der Waals surface area contributed by atoms with E-state index >= 15 is 0 Å². The van der Waals surface area contributed by atoms with Crippen LogP contribution in [0.15, 0.2) is 24.3 Å². The number of hydrogen-bond donors (Lipinski definition) is 0. The minimum atomic E-state index is 0.0811. The van der Waals surface area contributed by atoms with Crippen molar-refractivity contribution >= 4 is 40.1 Å². The van der Waals surface area contributed by atoms with E-state index < -0.39 is 0 Å². The number of amides is 1. The Hall–Kier alpha value is -0.290. The highest BCUT2D eigenvalue weighted by atomic mass is 127. The van der Waals surface area contributed by atoms with Crippen LogP contribution in [0.1, 0.15) is 36.0 Å². The first kappa shape index (κ1) is 14.1. The number of carbonyl (C=O) groups excluding carboxylic acids is 1. The lowest BCUT2D eigenvalue weighted by molar-refractivity contribution is 0.0699. The van der Waals surface area contributed by atoms with E-state index in [0.717, 1.165) is 28.4 Å². The summed E-state index contributed by atoms with van der Waals surface area (Å²) in [5, 5.41) is 0.0917. The normalized spacial score (nSPS) is 23.7. The highest BCUT2D eigenvalue weighted by Crippen LogP contribution is 2.28. The Kier molecular flexibility index (Phi) is 4.90. The molecule has 98 valence electrons. The summed E-state index contributed by atoms with van der Waals surface area (Å²) in [5.41, 5.74) is 0.773. The van der Waals surface area contributed by atoms with Crippen LogP contribution in [0.25, 0.3) is 0 Å². The highest BCUT2D eigenvalue weighted by molar-refractivity contribution is 14.1. The molecule has 1 aromatic rings. The molecular weight excluding hydrogens is 361 g/mol. The fourth-order valence-electron chi connectivity index (χ4n) is 2.48. The molecule has 1 fully saturated rings. The van der Waals surface area contributed by atoms with Crippen LogP contribution in [-0.2, 0) is 0 Å². The Labute approximate surface area is 127 Å². The van der Waals surface area contributed by atoms with Gasteiger partial charge in [-0.1, -0.05) is 25.0 Å². The lowest BCUT2D eigenvalue weighted by Gasteiger charge is -2.35. The SMILES string of the molecule is CN(C(=O)c1ccccc1I)C1CCCCC1Cl. The third-order valence-corrected chi connectivity index (χ3v) is 5.02. The molecule has 1 aliphatic carbocycles. The van der Waals surface area contributed by atoms with Gasteiger partial charge in [0.15, 0.2) is 0 Å². The van der Waals surface area contributed by atoms with Crippen LogP contribution in [-0.4, -0.2) is 29.3 Å². The van der Waals surface area contributed by atoms with Crippen molar-refractivity contribution in [3.8, 4) is 0 Å². The van der Waals surface area contributed by atoms with Crippen LogP contribution < -0.4 is 0 Å². The molecule has 4 heteroatoms. The van der Waals surface area contributed by atoms with E-state index in [2.05, 4.69) is 22.6 Å². The fourth-order valence-corrected chi connectivity index (χ4v) is 3.55. The molecule has 0 spiro atoms. The van der Waals surface area contributed by atoms with Crippen LogP contribution >= 0.6 is 34.2 Å². The highest BCUT2D eigenvalue weighted by Gasteiger charge is 2.30. The molecule has 1 aliphatic rings. The Balaban J connectivity index is 2.16. The van der Waals surface area contributed by atoms with Crippen molar-refractivity contribution in [3.05, 3.63) is 33.4 Å². The van der Waals surface area contributed by atoms with E-state index in [4.69, 9.17) is 11.6 Å². The molecule has 2 rings (SSSR count). The second-order valence-corrected chi connectivity index (χ2v) is 6.49. The quantitative estimate of drug-likeness (QED) is 0.565. The monoisotopic (exact) mass is 377 g/mol. The van der Waals surface area contributed by atoms with Crippen molar-refractivity contribution in [2.24, 2.45) is 0 Å². The summed E-state index contributed by atoms with van der Waals surface area (Å²) in [7, 11) is 1.87. The first-order chi connectivity index (χ1) is 8.61. The molecule has 1 amide bonds. The number of alkyl halides is 1. The minimum Gasteiger partial charge on any atom is -0.337 e. The number of halogens is 2. The molecule has 0 heterocycles. The van der Waals surface area contributed by atoms with Crippen LogP contribution in [0, 0.1) is 3.57 Å². The van der Waals surface area contributed by atoms with Crippen molar-refractivity contribution in [1.82, 2.24) is 4.90 Å². The van der Waals surface area contributed by atoms with Gasteiger partial charge in [0.05, 0.1) is 10.9 Å². The summed E-state index contributed by atoms with van der Waals surface area (Å²) in [4.78, 5) is 14.3. The van der Waals surface area contributed by atoms with Crippen molar-refractivity contribution in [2.45, 2.75) is 37.1 Å². The predicted octanol–water partition coefficient (Wildman–Crippen LogP) is 3.91. The zero-order valence-corrected chi connectivity index (χ0v) is 13.3. The van der Waals surface area contributed by atoms with Crippen molar-refractivity contribution in [3.63, 3.8) is 0 Å². The summed E-state index contributed by atoms with van der Waals surface area (Å²) < 4.78 is 0.994. The van der Waals surface area contributed by atoms with Gasteiger partial charge >= 0.3 is 0 Å². The molecule has 2 atom stereocenters. The van der Waals surface area contributed by atoms with E-state index in [1.807, 2.05) is 36.2 Å². The van der Waals surface area contributed by atoms with Gasteiger partial charge in [-0.3, -0.25) is 4.79 Å². The van der Waals surface area contributed by atoms with E-state index in [9.17, 15) is 4.79 Å². The number of hydrogen-bond acceptors (Lipinski definition) is 1. The molecule has 0 N–H and O–H groups in total. The molecule has 0 saturated heterocycles.